The minimum Gasteiger partial charge on any atom is -0.480 e. The molecule has 0 amide bonds. The molecule has 1 fully saturated rings. The van der Waals surface area contributed by atoms with Crippen molar-refractivity contribution < 1.29 is 9.13 Å². The van der Waals surface area contributed by atoms with Gasteiger partial charge < -0.3 is 14.6 Å². The lowest BCUT2D eigenvalue weighted by molar-refractivity contribution is 0.281. The van der Waals surface area contributed by atoms with Gasteiger partial charge in [-0.3, -0.25) is 4.99 Å². The summed E-state index contributed by atoms with van der Waals surface area (Å²) in [7, 11) is 1.61. The molecule has 0 unspecified atom stereocenters. The molecule has 6 rings (SSSR count). The van der Waals surface area contributed by atoms with Crippen molar-refractivity contribution in [3.05, 3.63) is 81.3 Å². The van der Waals surface area contributed by atoms with E-state index in [1.165, 1.54) is 12.1 Å². The summed E-state index contributed by atoms with van der Waals surface area (Å²) in [5, 5.41) is 5.21. The largest absolute Gasteiger partial charge is 0.480 e. The van der Waals surface area contributed by atoms with Crippen molar-refractivity contribution in [1.29, 1.82) is 0 Å². The van der Waals surface area contributed by atoms with Crippen LogP contribution in [0.15, 0.2) is 70.1 Å². The first kappa shape index (κ1) is 23.0. The van der Waals surface area contributed by atoms with Crippen LogP contribution in [0, 0.1) is 5.82 Å². The van der Waals surface area contributed by atoms with Gasteiger partial charge in [0, 0.05) is 18.0 Å². The molecule has 2 aromatic carbocycles. The summed E-state index contributed by atoms with van der Waals surface area (Å²) in [5.41, 5.74) is 5.24. The quantitative estimate of drug-likeness (QED) is 0.296. The van der Waals surface area contributed by atoms with Crippen LogP contribution in [-0.4, -0.2) is 28.9 Å². The van der Waals surface area contributed by atoms with Crippen molar-refractivity contribution >= 4 is 46.1 Å². The monoisotopic (exact) mass is 521 g/mol. The zero-order valence-corrected chi connectivity index (χ0v) is 20.9. The molecule has 2 aliphatic heterocycles. The number of benzene rings is 3. The molecule has 0 atom stereocenters. The Hall–Kier alpha value is -3.42. The predicted octanol–water partition coefficient (Wildman–Crippen LogP) is 6.73. The number of rotatable bonds is 5. The molecule has 1 saturated carbocycles. The SMILES string of the molecule is COC1=C(Nc2cc3nc4cc(F)ccc4n(-c4ccc(Cl)c(Cl)c4)c-3cc2=NC2CC2)CCC=N1. The summed E-state index contributed by atoms with van der Waals surface area (Å²) >= 11 is 12.6. The number of aliphatic imine (C=N–C) groups is 1. The van der Waals surface area contributed by atoms with E-state index in [0.717, 1.165) is 59.3 Å². The van der Waals surface area contributed by atoms with Gasteiger partial charge in [-0.25, -0.2) is 14.4 Å². The fourth-order valence-electron chi connectivity index (χ4n) is 4.37. The number of fused-ring (bicyclic) bond motifs is 2. The van der Waals surface area contributed by atoms with Gasteiger partial charge >= 0.3 is 0 Å². The zero-order valence-electron chi connectivity index (χ0n) is 19.4. The van der Waals surface area contributed by atoms with E-state index < -0.39 is 0 Å². The molecule has 1 N–H and O–H groups in total. The first-order valence-corrected chi connectivity index (χ1v) is 12.5. The third-order valence-corrected chi connectivity index (χ3v) is 6.99. The van der Waals surface area contributed by atoms with Crippen LogP contribution in [0.25, 0.3) is 28.1 Å². The molecule has 2 heterocycles. The van der Waals surface area contributed by atoms with Crippen molar-refractivity contribution in [1.82, 2.24) is 9.55 Å². The minimum absolute atomic E-state index is 0.296. The van der Waals surface area contributed by atoms with Crippen molar-refractivity contribution in [3.63, 3.8) is 0 Å². The number of nitrogens with one attached hydrogen (secondary N) is 1. The Morgan fingerprint density at radius 3 is 2.72 bits per heavy atom. The minimum atomic E-state index is -0.358. The van der Waals surface area contributed by atoms with E-state index in [0.29, 0.717) is 33.2 Å². The molecule has 0 bridgehead atoms. The highest BCUT2D eigenvalue weighted by Gasteiger charge is 2.23. The molecule has 36 heavy (non-hydrogen) atoms. The fourth-order valence-corrected chi connectivity index (χ4v) is 4.67. The number of hydrogen-bond acceptors (Lipinski definition) is 5. The molecule has 0 saturated heterocycles. The fraction of sp³-hybridized carbons (Fsp3) is 0.222. The van der Waals surface area contributed by atoms with Gasteiger partial charge in [-0.2, -0.15) is 0 Å². The number of methoxy groups -OCH3 is 1. The normalized spacial score (nSPS) is 16.3. The highest BCUT2D eigenvalue weighted by atomic mass is 35.5. The first-order valence-electron chi connectivity index (χ1n) is 11.7. The molecule has 6 nitrogen and oxygen atoms in total. The van der Waals surface area contributed by atoms with Crippen LogP contribution in [-0.2, 0) is 4.74 Å². The van der Waals surface area contributed by atoms with E-state index in [2.05, 4.69) is 10.3 Å². The first-order chi connectivity index (χ1) is 17.5. The summed E-state index contributed by atoms with van der Waals surface area (Å²) in [6.07, 6.45) is 5.57. The number of halogens is 3. The maximum atomic E-state index is 14.2. The Labute approximate surface area is 217 Å². The van der Waals surface area contributed by atoms with Crippen molar-refractivity contribution in [3.8, 4) is 17.1 Å². The molecule has 182 valence electrons. The average molecular weight is 522 g/mol. The Morgan fingerprint density at radius 2 is 1.94 bits per heavy atom. The molecule has 0 spiro atoms. The van der Waals surface area contributed by atoms with Crippen LogP contribution in [0.5, 0.6) is 0 Å². The lowest BCUT2D eigenvalue weighted by atomic mass is 10.1. The van der Waals surface area contributed by atoms with Gasteiger partial charge in [-0.15, -0.1) is 0 Å². The third kappa shape index (κ3) is 4.33. The van der Waals surface area contributed by atoms with Crippen LogP contribution < -0.4 is 10.7 Å². The average Bonchev–Trinajstić information content (AvgIpc) is 3.69. The van der Waals surface area contributed by atoms with Crippen LogP contribution in [0.2, 0.25) is 10.0 Å². The molecular formula is C27H22Cl2FN5O. The molecule has 0 aromatic heterocycles. The number of anilines is 1. The van der Waals surface area contributed by atoms with E-state index in [9.17, 15) is 4.39 Å². The number of aromatic nitrogens is 2. The molecule has 4 aliphatic rings. The Kier molecular flexibility index (Phi) is 5.90. The van der Waals surface area contributed by atoms with Crippen LogP contribution in [0.3, 0.4) is 0 Å². The molecular weight excluding hydrogens is 500 g/mol. The second kappa shape index (κ2) is 9.22. The summed E-state index contributed by atoms with van der Waals surface area (Å²) in [6.45, 7) is 0. The smallest absolute Gasteiger partial charge is 0.232 e. The maximum Gasteiger partial charge on any atom is 0.232 e. The van der Waals surface area contributed by atoms with Gasteiger partial charge in [-0.05, 0) is 68.1 Å². The van der Waals surface area contributed by atoms with Crippen molar-refractivity contribution in [2.45, 2.75) is 31.7 Å². The lowest BCUT2D eigenvalue weighted by Crippen LogP contribution is -2.18. The third-order valence-electron chi connectivity index (χ3n) is 6.25. The summed E-state index contributed by atoms with van der Waals surface area (Å²) in [4.78, 5) is 14.2. The standard InChI is InChI=1S/C27H22Cl2FN5O/c1-36-27-20(3-2-10-31-27)33-21-13-24-26(14-22(21)32-16-5-6-16)35(17-7-8-18(28)19(29)12-17)25-9-4-15(30)11-23(25)34-24/h4,7-14,16,33H,2-3,5-6H2,1H3. The molecule has 9 heteroatoms. The van der Waals surface area contributed by atoms with Gasteiger partial charge in [0.15, 0.2) is 0 Å². The van der Waals surface area contributed by atoms with Crippen LogP contribution in [0.4, 0.5) is 10.1 Å². The van der Waals surface area contributed by atoms with E-state index in [1.54, 1.807) is 25.3 Å². The summed E-state index contributed by atoms with van der Waals surface area (Å²) < 4.78 is 21.7. The number of ether oxygens (including phenoxy) is 1. The Morgan fingerprint density at radius 1 is 1.08 bits per heavy atom. The van der Waals surface area contributed by atoms with Gasteiger partial charge in [0.05, 0.1) is 62.4 Å². The van der Waals surface area contributed by atoms with E-state index in [-0.39, 0.29) is 5.82 Å². The van der Waals surface area contributed by atoms with E-state index in [4.69, 9.17) is 37.9 Å². The van der Waals surface area contributed by atoms with Crippen molar-refractivity contribution in [2.24, 2.45) is 9.98 Å². The number of nitrogens with zero attached hydrogens (tertiary/aromatic N) is 4. The highest BCUT2D eigenvalue weighted by molar-refractivity contribution is 6.42. The second-order valence-electron chi connectivity index (χ2n) is 8.86. The number of hydrogen-bond donors (Lipinski definition) is 1. The molecule has 2 aliphatic carbocycles. The maximum absolute atomic E-state index is 14.2. The summed E-state index contributed by atoms with van der Waals surface area (Å²) in [5.74, 6) is 0.196. The van der Waals surface area contributed by atoms with Crippen LogP contribution in [0.1, 0.15) is 25.7 Å². The van der Waals surface area contributed by atoms with Crippen molar-refractivity contribution in [2.75, 3.05) is 12.4 Å². The summed E-state index contributed by atoms with van der Waals surface area (Å²) in [6, 6.07) is 14.3. The second-order valence-corrected chi connectivity index (χ2v) is 9.67. The molecule has 2 aromatic rings. The Bertz CT molecular complexity index is 1610. The topological polar surface area (TPSA) is 63.8 Å². The lowest BCUT2D eigenvalue weighted by Gasteiger charge is -2.21. The number of allylic oxidation sites excluding steroid dienone is 1. The highest BCUT2D eigenvalue weighted by Crippen LogP contribution is 2.33. The van der Waals surface area contributed by atoms with Crippen LogP contribution >= 0.6 is 23.2 Å². The van der Waals surface area contributed by atoms with Gasteiger partial charge in [-0.1, -0.05) is 23.2 Å². The van der Waals surface area contributed by atoms with Gasteiger partial charge in [0.25, 0.3) is 0 Å². The predicted molar refractivity (Wildman–Crippen MR) is 142 cm³/mol. The zero-order chi connectivity index (χ0) is 24.8. The van der Waals surface area contributed by atoms with Gasteiger partial charge in [0.2, 0.25) is 5.88 Å². The molecule has 0 radical (unpaired) electrons. The van der Waals surface area contributed by atoms with E-state index >= 15 is 0 Å². The van der Waals surface area contributed by atoms with Gasteiger partial charge in [0.1, 0.15) is 5.82 Å². The van der Waals surface area contributed by atoms with E-state index in [1.807, 2.05) is 29.0 Å². The Balaban J connectivity index is 1.64.